The molecular weight excluding hydrogens is 244 g/mol. The third kappa shape index (κ3) is 2.57. The highest BCUT2D eigenvalue weighted by Gasteiger charge is 2.50. The van der Waals surface area contributed by atoms with Crippen LogP contribution in [0.3, 0.4) is 0 Å². The van der Waals surface area contributed by atoms with E-state index in [2.05, 4.69) is 6.58 Å². The van der Waals surface area contributed by atoms with Gasteiger partial charge >= 0.3 is 11.9 Å². The van der Waals surface area contributed by atoms with Crippen LogP contribution in [0.4, 0.5) is 0 Å². The lowest BCUT2D eigenvalue weighted by Gasteiger charge is -2.45. The average molecular weight is 264 g/mol. The summed E-state index contributed by atoms with van der Waals surface area (Å²) >= 11 is 0. The maximum atomic E-state index is 11.7. The van der Waals surface area contributed by atoms with Crippen molar-refractivity contribution in [2.75, 3.05) is 0 Å². The number of esters is 1. The van der Waals surface area contributed by atoms with E-state index >= 15 is 0 Å². The molecule has 19 heavy (non-hydrogen) atoms. The zero-order valence-corrected chi connectivity index (χ0v) is 11.5. The van der Waals surface area contributed by atoms with Crippen LogP contribution in [0.1, 0.15) is 46.0 Å². The van der Waals surface area contributed by atoms with Crippen LogP contribution in [0.2, 0.25) is 0 Å². The number of carboxylic acids is 1. The smallest absolute Gasteiger partial charge is 0.333 e. The van der Waals surface area contributed by atoms with E-state index in [9.17, 15) is 14.7 Å². The summed E-state index contributed by atoms with van der Waals surface area (Å²) in [6, 6.07) is 0. The van der Waals surface area contributed by atoms with E-state index in [-0.39, 0.29) is 0 Å². The minimum Gasteiger partial charge on any atom is -0.481 e. The number of rotatable bonds is 3. The lowest BCUT2D eigenvalue weighted by molar-refractivity contribution is -0.163. The van der Waals surface area contributed by atoms with Crippen LogP contribution in [-0.2, 0) is 14.3 Å². The molecule has 0 aromatic heterocycles. The van der Waals surface area contributed by atoms with Crippen molar-refractivity contribution in [1.29, 1.82) is 0 Å². The number of carbonyl (C=O) groups excluding carboxylic acids is 1. The van der Waals surface area contributed by atoms with Crippen LogP contribution in [0, 0.1) is 5.41 Å². The molecule has 0 radical (unpaired) electrons. The largest absolute Gasteiger partial charge is 0.481 e. The van der Waals surface area contributed by atoms with Crippen molar-refractivity contribution >= 4 is 11.9 Å². The third-order valence-electron chi connectivity index (χ3n) is 4.05. The van der Waals surface area contributed by atoms with Crippen molar-refractivity contribution in [1.82, 2.24) is 0 Å². The number of fused-ring (bicyclic) bond motifs is 2. The summed E-state index contributed by atoms with van der Waals surface area (Å²) in [5, 5.41) is 9.53. The predicted molar refractivity (Wildman–Crippen MR) is 70.5 cm³/mol. The molecule has 0 aromatic rings. The molecule has 0 spiro atoms. The van der Waals surface area contributed by atoms with Crippen molar-refractivity contribution in [2.24, 2.45) is 5.41 Å². The van der Waals surface area contributed by atoms with E-state index in [0.29, 0.717) is 24.8 Å². The summed E-state index contributed by atoms with van der Waals surface area (Å²) in [6.45, 7) is 6.95. The molecular formula is C15H20O4. The lowest BCUT2D eigenvalue weighted by atomic mass is 9.62. The molecule has 2 bridgehead atoms. The van der Waals surface area contributed by atoms with Gasteiger partial charge in [-0.05, 0) is 45.6 Å². The Morgan fingerprint density at radius 3 is 2.74 bits per heavy atom. The second kappa shape index (κ2) is 4.51. The molecule has 1 N–H and O–H groups in total. The number of allylic oxidation sites excluding steroid dienone is 1. The number of carbonyl (C=O) groups is 2. The van der Waals surface area contributed by atoms with E-state index in [0.717, 1.165) is 18.4 Å². The molecule has 0 amide bonds. The second-order valence-corrected chi connectivity index (χ2v) is 6.08. The summed E-state index contributed by atoms with van der Waals surface area (Å²) < 4.78 is 5.47. The molecule has 0 aromatic carbocycles. The minimum absolute atomic E-state index is 0.333. The van der Waals surface area contributed by atoms with Gasteiger partial charge < -0.3 is 9.84 Å². The Hall–Kier alpha value is -1.58. The van der Waals surface area contributed by atoms with Gasteiger partial charge in [-0.25, -0.2) is 4.79 Å². The summed E-state index contributed by atoms with van der Waals surface area (Å²) in [6.07, 6.45) is 5.31. The number of aliphatic carboxylic acids is 1. The van der Waals surface area contributed by atoms with E-state index in [4.69, 9.17) is 4.74 Å². The van der Waals surface area contributed by atoms with Crippen molar-refractivity contribution < 1.29 is 19.4 Å². The first-order valence-corrected chi connectivity index (χ1v) is 6.59. The van der Waals surface area contributed by atoms with Crippen LogP contribution in [0.15, 0.2) is 23.8 Å². The minimum atomic E-state index is -0.831. The van der Waals surface area contributed by atoms with Gasteiger partial charge in [0, 0.05) is 12.0 Å². The van der Waals surface area contributed by atoms with Crippen LogP contribution < -0.4 is 0 Å². The molecule has 0 saturated heterocycles. The van der Waals surface area contributed by atoms with Gasteiger partial charge in [0.05, 0.1) is 5.41 Å². The zero-order valence-electron chi connectivity index (χ0n) is 11.5. The Morgan fingerprint density at radius 1 is 1.47 bits per heavy atom. The zero-order chi connectivity index (χ0) is 14.3. The van der Waals surface area contributed by atoms with Gasteiger partial charge in [0.1, 0.15) is 5.60 Å². The van der Waals surface area contributed by atoms with Gasteiger partial charge in [-0.3, -0.25) is 4.79 Å². The van der Waals surface area contributed by atoms with E-state index in [1.165, 1.54) is 0 Å². The Morgan fingerprint density at radius 2 is 2.16 bits per heavy atom. The monoisotopic (exact) mass is 264 g/mol. The summed E-state index contributed by atoms with van der Waals surface area (Å²) in [4.78, 5) is 23.3. The molecule has 0 aliphatic heterocycles. The summed E-state index contributed by atoms with van der Waals surface area (Å²) in [5.41, 5.74) is -0.175. The van der Waals surface area contributed by atoms with E-state index < -0.39 is 23.0 Å². The molecule has 104 valence electrons. The SMILES string of the molecule is C=C(C)C(=O)OC1(C)C=C2CCCC(C(=O)O)(C2)C1. The van der Waals surface area contributed by atoms with Crippen LogP contribution in [0.5, 0.6) is 0 Å². The molecule has 2 atom stereocenters. The highest BCUT2D eigenvalue weighted by Crippen LogP contribution is 2.50. The molecule has 0 heterocycles. The van der Waals surface area contributed by atoms with E-state index in [1.54, 1.807) is 13.8 Å². The molecule has 1 fully saturated rings. The molecule has 2 rings (SSSR count). The highest BCUT2D eigenvalue weighted by atomic mass is 16.6. The maximum absolute atomic E-state index is 11.7. The maximum Gasteiger partial charge on any atom is 0.333 e. The van der Waals surface area contributed by atoms with Gasteiger partial charge in [0.15, 0.2) is 0 Å². The Labute approximate surface area is 113 Å². The fraction of sp³-hybridized carbons (Fsp3) is 0.600. The number of hydrogen-bond donors (Lipinski definition) is 1. The molecule has 2 unspecified atom stereocenters. The summed E-state index contributed by atoms with van der Waals surface area (Å²) in [5.74, 6) is -1.24. The molecule has 2 aliphatic carbocycles. The van der Waals surface area contributed by atoms with Gasteiger partial charge in [0.25, 0.3) is 0 Å². The first kappa shape index (κ1) is 13.8. The van der Waals surface area contributed by atoms with Gasteiger partial charge in [0.2, 0.25) is 0 Å². The van der Waals surface area contributed by atoms with Crippen molar-refractivity contribution in [3.63, 3.8) is 0 Å². The predicted octanol–water partition coefficient (Wildman–Crippen LogP) is 2.84. The second-order valence-electron chi connectivity index (χ2n) is 6.08. The first-order valence-electron chi connectivity index (χ1n) is 6.59. The fourth-order valence-electron chi connectivity index (χ4n) is 3.32. The number of ether oxygens (including phenoxy) is 1. The Balaban J connectivity index is 2.30. The topological polar surface area (TPSA) is 63.6 Å². The molecule has 2 aliphatic rings. The van der Waals surface area contributed by atoms with Crippen LogP contribution >= 0.6 is 0 Å². The number of carboxylic acid groups (broad SMARTS) is 1. The van der Waals surface area contributed by atoms with E-state index in [1.807, 2.05) is 6.08 Å². The molecule has 4 heteroatoms. The Kier molecular flexibility index (Phi) is 3.29. The number of hydrogen-bond acceptors (Lipinski definition) is 3. The van der Waals surface area contributed by atoms with Gasteiger partial charge in [-0.1, -0.05) is 12.2 Å². The lowest BCUT2D eigenvalue weighted by Crippen LogP contribution is -2.46. The van der Waals surface area contributed by atoms with Crippen LogP contribution in [0.25, 0.3) is 0 Å². The normalized spacial score (nSPS) is 33.3. The Bertz CT molecular complexity index is 477. The highest BCUT2D eigenvalue weighted by molar-refractivity contribution is 5.87. The summed E-state index contributed by atoms with van der Waals surface area (Å²) in [7, 11) is 0. The standard InChI is InChI=1S/C15H20O4/c1-10(2)12(16)19-14(3)7-11-5-4-6-15(8-11,9-14)13(17)18/h7H,1,4-6,8-9H2,2-3H3,(H,17,18). The van der Waals surface area contributed by atoms with Crippen LogP contribution in [-0.4, -0.2) is 22.6 Å². The average Bonchev–Trinajstić information content (AvgIpc) is 2.27. The van der Waals surface area contributed by atoms with Crippen molar-refractivity contribution in [2.45, 2.75) is 51.6 Å². The van der Waals surface area contributed by atoms with Crippen molar-refractivity contribution in [3.8, 4) is 0 Å². The fourth-order valence-corrected chi connectivity index (χ4v) is 3.32. The first-order chi connectivity index (χ1) is 8.76. The van der Waals surface area contributed by atoms with Gasteiger partial charge in [-0.2, -0.15) is 0 Å². The molecule has 1 saturated carbocycles. The third-order valence-corrected chi connectivity index (χ3v) is 4.05. The molecule has 4 nitrogen and oxygen atoms in total. The van der Waals surface area contributed by atoms with Gasteiger partial charge in [-0.15, -0.1) is 0 Å². The van der Waals surface area contributed by atoms with Crippen molar-refractivity contribution in [3.05, 3.63) is 23.8 Å². The quantitative estimate of drug-likeness (QED) is 0.483.